The number of carbonyl (C=O) groups excluding carboxylic acids is 2. The molecule has 2 aromatic rings. The van der Waals surface area contributed by atoms with Gasteiger partial charge in [-0.2, -0.15) is 0 Å². The lowest BCUT2D eigenvalue weighted by Crippen LogP contribution is -2.47. The van der Waals surface area contributed by atoms with Gasteiger partial charge in [-0.05, 0) is 64.0 Å². The highest BCUT2D eigenvalue weighted by molar-refractivity contribution is 6.30. The Labute approximate surface area is 187 Å². The second kappa shape index (κ2) is 10.5. The molecule has 2 aromatic heterocycles. The Bertz CT molecular complexity index is 900. The number of nitrogens with one attached hydrogen (secondary N) is 1. The van der Waals surface area contributed by atoms with Crippen molar-refractivity contribution in [2.24, 2.45) is 5.92 Å². The van der Waals surface area contributed by atoms with Gasteiger partial charge in [-0.3, -0.25) is 14.6 Å². The molecule has 3 heterocycles. The van der Waals surface area contributed by atoms with Crippen molar-refractivity contribution in [2.45, 2.75) is 52.0 Å². The van der Waals surface area contributed by atoms with Crippen molar-refractivity contribution in [3.05, 3.63) is 46.6 Å². The summed E-state index contributed by atoms with van der Waals surface area (Å²) in [6.45, 7) is 4.84. The van der Waals surface area contributed by atoms with Gasteiger partial charge in [-0.25, -0.2) is 9.97 Å². The van der Waals surface area contributed by atoms with Gasteiger partial charge in [0, 0.05) is 24.8 Å². The van der Waals surface area contributed by atoms with Crippen LogP contribution in [0.3, 0.4) is 0 Å². The Morgan fingerprint density at radius 2 is 2.10 bits per heavy atom. The second-order valence-corrected chi connectivity index (χ2v) is 8.35. The number of amides is 2. The predicted octanol–water partition coefficient (Wildman–Crippen LogP) is 2.80. The molecule has 9 heteroatoms. The zero-order valence-corrected chi connectivity index (χ0v) is 18.7. The molecule has 0 aliphatic carbocycles. The van der Waals surface area contributed by atoms with E-state index >= 15 is 0 Å². The Balaban J connectivity index is 1.51. The maximum atomic E-state index is 12.9. The number of nitrogen functional groups attached to an aromatic ring is 1. The van der Waals surface area contributed by atoms with Gasteiger partial charge in [0.25, 0.3) is 5.91 Å². The third-order valence-electron chi connectivity index (χ3n) is 5.68. The molecular weight excluding hydrogens is 416 g/mol. The summed E-state index contributed by atoms with van der Waals surface area (Å²) < 4.78 is 0. The Morgan fingerprint density at radius 1 is 1.29 bits per heavy atom. The fourth-order valence-corrected chi connectivity index (χ4v) is 4.25. The molecule has 31 heavy (non-hydrogen) atoms. The van der Waals surface area contributed by atoms with E-state index in [-0.39, 0.29) is 11.8 Å². The first kappa shape index (κ1) is 22.9. The van der Waals surface area contributed by atoms with Crippen LogP contribution in [0.1, 0.15) is 54.5 Å². The first-order valence-corrected chi connectivity index (χ1v) is 11.0. The molecular formula is C22H29ClN6O2. The zero-order chi connectivity index (χ0) is 22.4. The van der Waals surface area contributed by atoms with E-state index in [4.69, 9.17) is 17.3 Å². The van der Waals surface area contributed by atoms with Gasteiger partial charge in [0.05, 0.1) is 0 Å². The molecule has 2 atom stereocenters. The van der Waals surface area contributed by atoms with Crippen LogP contribution >= 0.6 is 11.6 Å². The van der Waals surface area contributed by atoms with E-state index in [9.17, 15) is 9.59 Å². The third kappa shape index (κ3) is 6.13. The van der Waals surface area contributed by atoms with Gasteiger partial charge in [0.2, 0.25) is 5.91 Å². The van der Waals surface area contributed by atoms with Crippen molar-refractivity contribution >= 4 is 29.2 Å². The minimum absolute atomic E-state index is 0.0656. The molecule has 3 rings (SSSR count). The van der Waals surface area contributed by atoms with E-state index in [0.717, 1.165) is 37.7 Å². The number of aromatic nitrogens is 3. The van der Waals surface area contributed by atoms with Crippen LogP contribution < -0.4 is 11.1 Å². The smallest absolute Gasteiger partial charge is 0.270 e. The number of nitrogens with two attached hydrogens (primary N) is 1. The van der Waals surface area contributed by atoms with E-state index in [1.165, 1.54) is 0 Å². The number of pyridine rings is 1. The molecule has 1 aliphatic rings. The molecule has 8 nitrogen and oxygen atoms in total. The topological polar surface area (TPSA) is 114 Å². The molecule has 0 spiro atoms. The molecule has 2 amide bonds. The number of halogens is 1. The quantitative estimate of drug-likeness (QED) is 0.662. The number of likely N-dealkylation sites (tertiary alicyclic amines) is 1. The summed E-state index contributed by atoms with van der Waals surface area (Å²) in [5.41, 5.74) is 7.12. The average molecular weight is 445 g/mol. The van der Waals surface area contributed by atoms with Crippen molar-refractivity contribution in [3.63, 3.8) is 0 Å². The van der Waals surface area contributed by atoms with Crippen LogP contribution in [0.25, 0.3) is 0 Å². The fourth-order valence-electron chi connectivity index (χ4n) is 3.94. The number of aryl methyl sites for hydroxylation is 1. The Kier molecular flexibility index (Phi) is 7.79. The largest absolute Gasteiger partial charge is 0.383 e. The normalized spacial score (nSPS) is 17.6. The van der Waals surface area contributed by atoms with Crippen LogP contribution in [-0.4, -0.2) is 50.8 Å². The molecule has 0 bridgehead atoms. The minimum atomic E-state index is -0.602. The van der Waals surface area contributed by atoms with Crippen molar-refractivity contribution < 1.29 is 9.59 Å². The molecule has 0 unspecified atom stereocenters. The van der Waals surface area contributed by atoms with E-state index < -0.39 is 6.04 Å². The molecule has 3 N–H and O–H groups in total. The monoisotopic (exact) mass is 444 g/mol. The van der Waals surface area contributed by atoms with Crippen LogP contribution in [0.2, 0.25) is 5.15 Å². The summed E-state index contributed by atoms with van der Waals surface area (Å²) in [5, 5.41) is 3.18. The van der Waals surface area contributed by atoms with Crippen LogP contribution in [0, 0.1) is 12.8 Å². The number of carbonyl (C=O) groups is 2. The number of anilines is 1. The van der Waals surface area contributed by atoms with E-state index in [1.807, 2.05) is 4.90 Å². The van der Waals surface area contributed by atoms with E-state index in [2.05, 4.69) is 20.3 Å². The number of hydrogen-bond donors (Lipinski definition) is 2. The lowest BCUT2D eigenvalue weighted by atomic mass is 9.93. The molecule has 1 aliphatic heterocycles. The Hall–Kier alpha value is -2.74. The maximum Gasteiger partial charge on any atom is 0.270 e. The zero-order valence-electron chi connectivity index (χ0n) is 18.0. The average Bonchev–Trinajstić information content (AvgIpc) is 2.98. The first-order valence-electron chi connectivity index (χ1n) is 10.6. The SMILES string of the molecule is Cc1nc(N)c(CC[C@H]2CCCN(C(=O)[C@H](C)NC(=O)c3ccccn3)CC2)c(Cl)n1. The summed E-state index contributed by atoms with van der Waals surface area (Å²) >= 11 is 6.25. The highest BCUT2D eigenvalue weighted by Gasteiger charge is 2.26. The summed E-state index contributed by atoms with van der Waals surface area (Å²) in [6, 6.07) is 4.51. The summed E-state index contributed by atoms with van der Waals surface area (Å²) in [4.78, 5) is 39.4. The predicted molar refractivity (Wildman–Crippen MR) is 120 cm³/mol. The number of hydrogen-bond acceptors (Lipinski definition) is 6. The van der Waals surface area contributed by atoms with E-state index in [0.29, 0.717) is 41.5 Å². The standard InChI is InChI=1S/C22H29ClN6O2/c1-14(26-21(30)18-7-3-4-11-25-18)22(31)29-12-5-6-16(10-13-29)8-9-17-19(23)27-15(2)28-20(17)24/h3-4,7,11,14,16H,5-6,8-10,12-13H2,1-2H3,(H,26,30)(H2,24,27,28)/t14-,16+/m0/s1. The highest BCUT2D eigenvalue weighted by Crippen LogP contribution is 2.27. The van der Waals surface area contributed by atoms with E-state index in [1.54, 1.807) is 38.2 Å². The molecule has 166 valence electrons. The number of nitrogens with zero attached hydrogens (tertiary/aromatic N) is 4. The number of rotatable bonds is 6. The second-order valence-electron chi connectivity index (χ2n) is 8.00. The van der Waals surface area contributed by atoms with Gasteiger partial charge >= 0.3 is 0 Å². The molecule has 1 fully saturated rings. The summed E-state index contributed by atoms with van der Waals surface area (Å²) in [6.07, 6.45) is 6.05. The summed E-state index contributed by atoms with van der Waals surface area (Å²) in [5.74, 6) is 1.07. The van der Waals surface area contributed by atoms with Gasteiger partial charge in [0.15, 0.2) is 0 Å². The van der Waals surface area contributed by atoms with Crippen LogP contribution in [0.4, 0.5) is 5.82 Å². The minimum Gasteiger partial charge on any atom is -0.383 e. The molecule has 0 aromatic carbocycles. The lowest BCUT2D eigenvalue weighted by molar-refractivity contribution is -0.132. The van der Waals surface area contributed by atoms with Crippen LogP contribution in [0.5, 0.6) is 0 Å². The fraction of sp³-hybridized carbons (Fsp3) is 0.500. The first-order chi connectivity index (χ1) is 14.8. The molecule has 0 saturated carbocycles. The molecule has 0 radical (unpaired) electrons. The highest BCUT2D eigenvalue weighted by atomic mass is 35.5. The summed E-state index contributed by atoms with van der Waals surface area (Å²) in [7, 11) is 0. The van der Waals surface area contributed by atoms with Gasteiger partial charge in [-0.15, -0.1) is 0 Å². The van der Waals surface area contributed by atoms with Gasteiger partial charge < -0.3 is 16.0 Å². The Morgan fingerprint density at radius 3 is 2.81 bits per heavy atom. The van der Waals surface area contributed by atoms with Gasteiger partial charge in [0.1, 0.15) is 28.5 Å². The van der Waals surface area contributed by atoms with Crippen LogP contribution in [-0.2, 0) is 11.2 Å². The van der Waals surface area contributed by atoms with Crippen molar-refractivity contribution in [1.82, 2.24) is 25.2 Å². The van der Waals surface area contributed by atoms with Gasteiger partial charge in [-0.1, -0.05) is 17.7 Å². The third-order valence-corrected chi connectivity index (χ3v) is 5.99. The van der Waals surface area contributed by atoms with Crippen LogP contribution in [0.15, 0.2) is 24.4 Å². The molecule has 1 saturated heterocycles. The van der Waals surface area contributed by atoms with Crippen molar-refractivity contribution in [3.8, 4) is 0 Å². The lowest BCUT2D eigenvalue weighted by Gasteiger charge is -2.25. The van der Waals surface area contributed by atoms with Crippen molar-refractivity contribution in [2.75, 3.05) is 18.8 Å². The van der Waals surface area contributed by atoms with Crippen molar-refractivity contribution in [1.29, 1.82) is 0 Å². The maximum absolute atomic E-state index is 12.9.